The van der Waals surface area contributed by atoms with Crippen molar-refractivity contribution in [3.05, 3.63) is 58.6 Å². The average Bonchev–Trinajstić information content (AvgIpc) is 3.08. The lowest BCUT2D eigenvalue weighted by Gasteiger charge is -2.30. The summed E-state index contributed by atoms with van der Waals surface area (Å²) in [5.74, 6) is -0.843. The summed E-state index contributed by atoms with van der Waals surface area (Å²) in [5, 5.41) is 2.63. The first-order valence-corrected chi connectivity index (χ1v) is 13.6. The van der Waals surface area contributed by atoms with Crippen molar-refractivity contribution in [1.82, 2.24) is 15.1 Å². The molecule has 0 aliphatic carbocycles. The van der Waals surface area contributed by atoms with Crippen LogP contribution in [-0.4, -0.2) is 85.9 Å². The Bertz CT molecular complexity index is 1230. The minimum Gasteiger partial charge on any atom is -0.484 e. The molecule has 9 nitrogen and oxygen atoms in total. The fourth-order valence-corrected chi connectivity index (χ4v) is 4.64. The Labute approximate surface area is 242 Å². The number of urea groups is 1. The smallest absolute Gasteiger partial charge is 0.422 e. The van der Waals surface area contributed by atoms with E-state index in [4.69, 9.17) is 21.1 Å². The maximum absolute atomic E-state index is 13.7. The second-order valence-corrected chi connectivity index (χ2v) is 9.80. The van der Waals surface area contributed by atoms with Gasteiger partial charge in [0.15, 0.2) is 6.61 Å². The van der Waals surface area contributed by atoms with Crippen molar-refractivity contribution in [1.29, 1.82) is 0 Å². The van der Waals surface area contributed by atoms with Crippen LogP contribution in [0, 0.1) is 0 Å². The number of fused-ring (bicyclic) bond motifs is 1. The lowest BCUT2D eigenvalue weighted by molar-refractivity contribution is -0.153. The first kappa shape index (κ1) is 32.0. The van der Waals surface area contributed by atoms with Gasteiger partial charge in [0.1, 0.15) is 5.75 Å². The van der Waals surface area contributed by atoms with E-state index in [1.165, 1.54) is 23.1 Å². The predicted octanol–water partition coefficient (Wildman–Crippen LogP) is 4.73. The van der Waals surface area contributed by atoms with Crippen LogP contribution >= 0.6 is 11.6 Å². The minimum absolute atomic E-state index is 0.0676. The molecule has 224 valence electrons. The first-order chi connectivity index (χ1) is 19.4. The fraction of sp³-hybridized carbons (Fsp3) is 0.464. The van der Waals surface area contributed by atoms with Crippen LogP contribution in [0.5, 0.6) is 5.75 Å². The van der Waals surface area contributed by atoms with Crippen molar-refractivity contribution in [3.63, 3.8) is 0 Å². The number of halogens is 4. The van der Waals surface area contributed by atoms with E-state index < -0.39 is 30.8 Å². The number of nitrogens with one attached hydrogen (secondary N) is 1. The van der Waals surface area contributed by atoms with Crippen molar-refractivity contribution in [2.45, 2.75) is 39.5 Å². The number of amides is 4. The van der Waals surface area contributed by atoms with Crippen LogP contribution in [0.2, 0.25) is 5.02 Å². The third kappa shape index (κ3) is 8.74. The van der Waals surface area contributed by atoms with Gasteiger partial charge in [0.25, 0.3) is 5.91 Å². The number of anilines is 1. The molecule has 1 aliphatic rings. The van der Waals surface area contributed by atoms with Crippen molar-refractivity contribution >= 4 is 35.1 Å². The molecule has 0 aromatic heterocycles. The van der Waals surface area contributed by atoms with Crippen molar-refractivity contribution < 1.29 is 37.0 Å². The Balaban J connectivity index is 1.75. The normalized spacial score (nSPS) is 15.1. The largest absolute Gasteiger partial charge is 0.484 e. The number of carbonyl (C=O) groups is 3. The van der Waals surface area contributed by atoms with Crippen molar-refractivity contribution in [3.8, 4) is 5.75 Å². The van der Waals surface area contributed by atoms with Gasteiger partial charge < -0.3 is 29.5 Å². The average molecular weight is 599 g/mol. The summed E-state index contributed by atoms with van der Waals surface area (Å²) in [4.78, 5) is 44.2. The second-order valence-electron chi connectivity index (χ2n) is 9.40. The number of alkyl halides is 3. The topological polar surface area (TPSA) is 91.4 Å². The summed E-state index contributed by atoms with van der Waals surface area (Å²) in [6.07, 6.45) is -4.52. The third-order valence-electron chi connectivity index (χ3n) is 6.52. The fourth-order valence-electron chi connectivity index (χ4n) is 4.39. The van der Waals surface area contributed by atoms with E-state index in [0.717, 1.165) is 0 Å². The molecular formula is C28H34ClF3N4O5. The standard InChI is InChI=1S/C28H34ClF3N4O5/c1-4-34(12-13-40-5-2)25(37)15-33-27(39)35-17-20-8-6-7-9-24(20)36(16-19(35)3)26(38)22-11-10-21(14-23(22)29)41-18-28(30,31)32/h6-11,14,19H,4-5,12-13,15-18H2,1-3H3,(H,33,39)/t19-/m1/s1. The van der Waals surface area contributed by atoms with Gasteiger partial charge in [-0.05, 0) is 50.6 Å². The lowest BCUT2D eigenvalue weighted by Crippen LogP contribution is -2.50. The molecule has 2 aromatic carbocycles. The highest BCUT2D eigenvalue weighted by Gasteiger charge is 2.33. The molecule has 2 aromatic rings. The summed E-state index contributed by atoms with van der Waals surface area (Å²) in [7, 11) is 0. The number of nitrogens with zero attached hydrogens (tertiary/aromatic N) is 3. The quantitative estimate of drug-likeness (QED) is 0.400. The molecule has 1 aliphatic heterocycles. The maximum atomic E-state index is 13.7. The summed E-state index contributed by atoms with van der Waals surface area (Å²) in [6, 6.07) is 9.90. The zero-order valence-electron chi connectivity index (χ0n) is 23.2. The van der Waals surface area contributed by atoms with Gasteiger partial charge in [-0.3, -0.25) is 9.59 Å². The van der Waals surface area contributed by atoms with Gasteiger partial charge in [0, 0.05) is 44.5 Å². The Morgan fingerprint density at radius 2 is 1.88 bits per heavy atom. The molecule has 0 spiro atoms. The van der Waals surface area contributed by atoms with Gasteiger partial charge in [0.2, 0.25) is 5.91 Å². The zero-order valence-corrected chi connectivity index (χ0v) is 23.9. The number of hydrogen-bond donors (Lipinski definition) is 1. The van der Waals surface area contributed by atoms with E-state index in [1.807, 2.05) is 13.8 Å². The molecular weight excluding hydrogens is 565 g/mol. The number of hydrogen-bond acceptors (Lipinski definition) is 5. The minimum atomic E-state index is -4.52. The van der Waals surface area contributed by atoms with E-state index in [0.29, 0.717) is 37.6 Å². The van der Waals surface area contributed by atoms with E-state index in [1.54, 1.807) is 41.0 Å². The van der Waals surface area contributed by atoms with Crippen LogP contribution in [0.15, 0.2) is 42.5 Å². The van der Waals surface area contributed by atoms with Crippen LogP contribution in [0.3, 0.4) is 0 Å². The summed E-state index contributed by atoms with van der Waals surface area (Å²) < 4.78 is 47.6. The molecule has 0 fully saturated rings. The monoisotopic (exact) mass is 598 g/mol. The van der Waals surface area contributed by atoms with Crippen molar-refractivity contribution in [2.75, 3.05) is 50.9 Å². The van der Waals surface area contributed by atoms with E-state index in [2.05, 4.69) is 5.32 Å². The highest BCUT2D eigenvalue weighted by molar-refractivity contribution is 6.34. The molecule has 0 bridgehead atoms. The van der Waals surface area contributed by atoms with E-state index in [9.17, 15) is 27.6 Å². The molecule has 3 rings (SSSR count). The number of ether oxygens (including phenoxy) is 2. The van der Waals surface area contributed by atoms with Gasteiger partial charge in [-0.25, -0.2) is 4.79 Å². The number of likely N-dealkylation sites (N-methyl/N-ethyl adjacent to an activating group) is 1. The van der Waals surface area contributed by atoms with Gasteiger partial charge >= 0.3 is 12.2 Å². The second kappa shape index (κ2) is 14.4. The predicted molar refractivity (Wildman–Crippen MR) is 148 cm³/mol. The molecule has 0 radical (unpaired) electrons. The highest BCUT2D eigenvalue weighted by Crippen LogP contribution is 2.31. The SMILES string of the molecule is CCOCCN(CC)C(=O)CNC(=O)N1Cc2ccccc2N(C(=O)c2ccc(OCC(F)(F)F)cc2Cl)C[C@H]1C. The number of benzene rings is 2. The van der Waals surface area contributed by atoms with Crippen LogP contribution in [0.25, 0.3) is 0 Å². The Kier molecular flexibility index (Phi) is 11.2. The number of para-hydroxylation sites is 1. The zero-order chi connectivity index (χ0) is 30.2. The van der Waals surface area contributed by atoms with Crippen LogP contribution in [0.1, 0.15) is 36.7 Å². The summed E-state index contributed by atoms with van der Waals surface area (Å²) in [6.45, 7) is 5.96. The maximum Gasteiger partial charge on any atom is 0.422 e. The number of carbonyl (C=O) groups excluding carboxylic acids is 3. The van der Waals surface area contributed by atoms with Gasteiger partial charge in [0.05, 0.1) is 23.7 Å². The van der Waals surface area contributed by atoms with Crippen LogP contribution in [-0.2, 0) is 16.1 Å². The van der Waals surface area contributed by atoms with E-state index in [-0.39, 0.29) is 41.9 Å². The molecule has 0 saturated heterocycles. The third-order valence-corrected chi connectivity index (χ3v) is 6.83. The lowest BCUT2D eigenvalue weighted by atomic mass is 10.1. The molecule has 41 heavy (non-hydrogen) atoms. The molecule has 0 saturated carbocycles. The molecule has 1 heterocycles. The molecule has 4 amide bonds. The first-order valence-electron chi connectivity index (χ1n) is 13.2. The molecule has 0 unspecified atom stereocenters. The van der Waals surface area contributed by atoms with Gasteiger partial charge in [-0.15, -0.1) is 0 Å². The Morgan fingerprint density at radius 1 is 1.15 bits per heavy atom. The van der Waals surface area contributed by atoms with Crippen LogP contribution in [0.4, 0.5) is 23.7 Å². The highest BCUT2D eigenvalue weighted by atomic mass is 35.5. The Morgan fingerprint density at radius 3 is 2.54 bits per heavy atom. The van der Waals surface area contributed by atoms with Gasteiger partial charge in [-0.1, -0.05) is 29.8 Å². The molecule has 13 heteroatoms. The van der Waals surface area contributed by atoms with Gasteiger partial charge in [-0.2, -0.15) is 13.2 Å². The number of rotatable bonds is 10. The summed E-state index contributed by atoms with van der Waals surface area (Å²) in [5.41, 5.74) is 1.33. The van der Waals surface area contributed by atoms with E-state index >= 15 is 0 Å². The summed E-state index contributed by atoms with van der Waals surface area (Å²) >= 11 is 6.30. The Hall–Kier alpha value is -3.51. The molecule has 1 atom stereocenters. The van der Waals surface area contributed by atoms with Crippen LogP contribution < -0.4 is 15.0 Å². The van der Waals surface area contributed by atoms with Crippen molar-refractivity contribution in [2.24, 2.45) is 0 Å². The molecule has 1 N–H and O–H groups in total.